The molecule has 0 atom stereocenters. The van der Waals surface area contributed by atoms with Crippen LogP contribution in [0.1, 0.15) is 5.56 Å². The Hall–Kier alpha value is -1.22. The zero-order chi connectivity index (χ0) is 9.84. The second-order valence-electron chi connectivity index (χ2n) is 2.00. The van der Waals surface area contributed by atoms with Gasteiger partial charge in [0.05, 0.1) is 5.56 Å². The lowest BCUT2D eigenvalue weighted by atomic mass is 10.3. The van der Waals surface area contributed by atoms with Crippen LogP contribution in [0.25, 0.3) is 0 Å². The fourth-order valence-electron chi connectivity index (χ4n) is 0.668. The molecule has 0 bridgehead atoms. The van der Waals surface area contributed by atoms with E-state index in [9.17, 15) is 8.78 Å². The highest BCUT2D eigenvalue weighted by Crippen LogP contribution is 2.24. The third kappa shape index (κ3) is 2.63. The summed E-state index contributed by atoms with van der Waals surface area (Å²) >= 11 is 2.91. The van der Waals surface area contributed by atoms with E-state index in [0.29, 0.717) is 0 Å². The maximum atomic E-state index is 11.8. The van der Waals surface area contributed by atoms with Crippen LogP contribution in [-0.4, -0.2) is 11.6 Å². The van der Waals surface area contributed by atoms with Gasteiger partial charge in [-0.2, -0.15) is 14.0 Å². The molecule has 0 amide bonds. The molecule has 1 aromatic heterocycles. The highest BCUT2D eigenvalue weighted by Gasteiger charge is 2.09. The Labute approximate surface area is 81.1 Å². The molecule has 13 heavy (non-hydrogen) atoms. The van der Waals surface area contributed by atoms with Crippen LogP contribution in [0, 0.1) is 11.3 Å². The minimum absolute atomic E-state index is 0.144. The SMILES string of the molecule is N#Cc1cnc(Br)c(OC(F)F)c1. The van der Waals surface area contributed by atoms with Gasteiger partial charge in [0.25, 0.3) is 0 Å². The highest BCUT2D eigenvalue weighted by atomic mass is 79.9. The fourth-order valence-corrected chi connectivity index (χ4v) is 0.978. The Balaban J connectivity index is 2.99. The molecule has 0 saturated heterocycles. The van der Waals surface area contributed by atoms with Gasteiger partial charge in [-0.1, -0.05) is 0 Å². The molecule has 0 radical (unpaired) electrons. The topological polar surface area (TPSA) is 45.9 Å². The third-order valence-electron chi connectivity index (χ3n) is 1.15. The van der Waals surface area contributed by atoms with E-state index in [1.807, 2.05) is 0 Å². The van der Waals surface area contributed by atoms with Crippen molar-refractivity contribution in [2.45, 2.75) is 6.61 Å². The minimum Gasteiger partial charge on any atom is -0.432 e. The molecule has 0 N–H and O–H groups in total. The lowest BCUT2D eigenvalue weighted by Crippen LogP contribution is -2.03. The normalized spacial score (nSPS) is 9.77. The van der Waals surface area contributed by atoms with Gasteiger partial charge in [-0.05, 0) is 15.9 Å². The van der Waals surface area contributed by atoms with Crippen LogP contribution >= 0.6 is 15.9 Å². The number of nitrogens with zero attached hydrogens (tertiary/aromatic N) is 2. The molecule has 0 saturated carbocycles. The van der Waals surface area contributed by atoms with E-state index >= 15 is 0 Å². The summed E-state index contributed by atoms with van der Waals surface area (Å²) in [7, 11) is 0. The maximum Gasteiger partial charge on any atom is 0.387 e. The van der Waals surface area contributed by atoms with Crippen LogP contribution in [-0.2, 0) is 0 Å². The average molecular weight is 249 g/mol. The van der Waals surface area contributed by atoms with E-state index in [4.69, 9.17) is 5.26 Å². The summed E-state index contributed by atoms with van der Waals surface area (Å²) in [5.41, 5.74) is 0.166. The fraction of sp³-hybridized carbons (Fsp3) is 0.143. The number of halogens is 3. The quantitative estimate of drug-likeness (QED) is 0.755. The van der Waals surface area contributed by atoms with Crippen LogP contribution in [0.2, 0.25) is 0 Å². The number of nitriles is 1. The van der Waals surface area contributed by atoms with Crippen molar-refractivity contribution < 1.29 is 13.5 Å². The molecule has 0 unspecified atom stereocenters. The Bertz CT molecular complexity index is 351. The van der Waals surface area contributed by atoms with Crippen LogP contribution in [0.5, 0.6) is 5.75 Å². The van der Waals surface area contributed by atoms with Crippen molar-refractivity contribution in [2.24, 2.45) is 0 Å². The molecule has 0 spiro atoms. The second-order valence-corrected chi connectivity index (χ2v) is 2.75. The monoisotopic (exact) mass is 248 g/mol. The first-order valence-corrected chi connectivity index (χ1v) is 3.93. The van der Waals surface area contributed by atoms with Crippen LogP contribution in [0.4, 0.5) is 8.78 Å². The number of ether oxygens (including phenoxy) is 1. The standard InChI is InChI=1S/C7H3BrF2N2O/c8-6-5(13-7(9)10)1-4(2-11)3-12-6/h1,3,7H. The van der Waals surface area contributed by atoms with Gasteiger partial charge in [0.1, 0.15) is 10.7 Å². The number of alkyl halides is 2. The molecule has 0 aliphatic rings. The Kier molecular flexibility index (Phi) is 3.14. The van der Waals surface area contributed by atoms with Crippen LogP contribution < -0.4 is 4.74 Å². The van der Waals surface area contributed by atoms with Crippen molar-refractivity contribution in [3.8, 4) is 11.8 Å². The minimum atomic E-state index is -2.92. The second kappa shape index (κ2) is 4.14. The number of hydrogen-bond acceptors (Lipinski definition) is 3. The van der Waals surface area contributed by atoms with Gasteiger partial charge in [-0.3, -0.25) is 0 Å². The van der Waals surface area contributed by atoms with E-state index in [0.717, 1.165) is 0 Å². The van der Waals surface area contributed by atoms with Gasteiger partial charge in [-0.25, -0.2) is 4.98 Å². The van der Waals surface area contributed by atoms with E-state index in [1.165, 1.54) is 12.3 Å². The predicted octanol–water partition coefficient (Wildman–Crippen LogP) is 2.32. The van der Waals surface area contributed by atoms with Crippen molar-refractivity contribution >= 4 is 15.9 Å². The maximum absolute atomic E-state index is 11.8. The average Bonchev–Trinajstić information content (AvgIpc) is 2.08. The third-order valence-corrected chi connectivity index (χ3v) is 1.75. The lowest BCUT2D eigenvalue weighted by molar-refractivity contribution is -0.0506. The molecule has 1 aromatic rings. The van der Waals surface area contributed by atoms with E-state index in [1.54, 1.807) is 6.07 Å². The summed E-state index contributed by atoms with van der Waals surface area (Å²) in [5, 5.41) is 8.44. The van der Waals surface area contributed by atoms with E-state index in [2.05, 4.69) is 25.7 Å². The summed E-state index contributed by atoms with van der Waals surface area (Å²) in [6.45, 7) is -2.92. The van der Waals surface area contributed by atoms with Gasteiger partial charge < -0.3 is 4.74 Å². The number of rotatable bonds is 2. The molecule has 68 valence electrons. The summed E-state index contributed by atoms with van der Waals surface area (Å²) in [6, 6.07) is 2.94. The zero-order valence-electron chi connectivity index (χ0n) is 6.17. The van der Waals surface area contributed by atoms with E-state index in [-0.39, 0.29) is 15.9 Å². The molecule has 1 heterocycles. The largest absolute Gasteiger partial charge is 0.432 e. The number of hydrogen-bond donors (Lipinski definition) is 0. The first kappa shape index (κ1) is 9.86. The summed E-state index contributed by atoms with van der Waals surface area (Å²) in [6.07, 6.45) is 1.25. The van der Waals surface area contributed by atoms with Crippen molar-refractivity contribution in [2.75, 3.05) is 0 Å². The van der Waals surface area contributed by atoms with Gasteiger partial charge in [0.2, 0.25) is 0 Å². The van der Waals surface area contributed by atoms with Gasteiger partial charge in [0, 0.05) is 12.3 Å². The summed E-state index contributed by atoms with van der Waals surface area (Å²) in [4.78, 5) is 3.64. The Morgan fingerprint density at radius 1 is 1.62 bits per heavy atom. The number of pyridine rings is 1. The molecule has 0 fully saturated rings. The van der Waals surface area contributed by atoms with Gasteiger partial charge in [0.15, 0.2) is 5.75 Å². The number of aromatic nitrogens is 1. The smallest absolute Gasteiger partial charge is 0.387 e. The summed E-state index contributed by atoms with van der Waals surface area (Å²) < 4.78 is 27.8. The summed E-state index contributed by atoms with van der Waals surface area (Å²) in [5.74, 6) is -0.144. The van der Waals surface area contributed by atoms with Crippen molar-refractivity contribution in [3.05, 3.63) is 22.4 Å². The van der Waals surface area contributed by atoms with Crippen molar-refractivity contribution in [1.82, 2.24) is 4.98 Å². The first-order valence-electron chi connectivity index (χ1n) is 3.14. The van der Waals surface area contributed by atoms with Crippen LogP contribution in [0.15, 0.2) is 16.9 Å². The zero-order valence-corrected chi connectivity index (χ0v) is 7.75. The Morgan fingerprint density at radius 3 is 2.85 bits per heavy atom. The molecule has 0 aliphatic carbocycles. The van der Waals surface area contributed by atoms with Gasteiger partial charge >= 0.3 is 6.61 Å². The molecule has 1 rings (SSSR count). The van der Waals surface area contributed by atoms with E-state index < -0.39 is 6.61 Å². The molecule has 0 aromatic carbocycles. The Morgan fingerprint density at radius 2 is 2.31 bits per heavy atom. The molecule has 6 heteroatoms. The molecular weight excluding hydrogens is 246 g/mol. The molecular formula is C7H3BrF2N2O. The first-order chi connectivity index (χ1) is 6.13. The molecule has 3 nitrogen and oxygen atoms in total. The molecule has 0 aliphatic heterocycles. The lowest BCUT2D eigenvalue weighted by Gasteiger charge is -2.05. The van der Waals surface area contributed by atoms with Crippen molar-refractivity contribution in [3.63, 3.8) is 0 Å². The van der Waals surface area contributed by atoms with Crippen LogP contribution in [0.3, 0.4) is 0 Å². The predicted molar refractivity (Wildman–Crippen MR) is 43.3 cm³/mol. The highest BCUT2D eigenvalue weighted by molar-refractivity contribution is 9.10. The van der Waals surface area contributed by atoms with Gasteiger partial charge in [-0.15, -0.1) is 0 Å². The van der Waals surface area contributed by atoms with Crippen molar-refractivity contribution in [1.29, 1.82) is 5.26 Å².